The van der Waals surface area contributed by atoms with Crippen molar-refractivity contribution in [1.29, 1.82) is 0 Å². The number of nitrogens with one attached hydrogen (secondary N) is 1. The predicted molar refractivity (Wildman–Crippen MR) is 81.3 cm³/mol. The van der Waals surface area contributed by atoms with Crippen molar-refractivity contribution in [2.45, 2.75) is 19.5 Å². The highest BCUT2D eigenvalue weighted by atomic mass is 32.1. The number of hydrogen-bond acceptors (Lipinski definition) is 6. The molecule has 0 aliphatic heterocycles. The van der Waals surface area contributed by atoms with Gasteiger partial charge in [0.25, 0.3) is 5.91 Å². The third-order valence-electron chi connectivity index (χ3n) is 2.98. The fourth-order valence-corrected chi connectivity index (χ4v) is 2.67. The third kappa shape index (κ3) is 3.19. The van der Waals surface area contributed by atoms with Crippen LogP contribution in [0.5, 0.6) is 0 Å². The Bertz CT molecular complexity index is 761. The molecular weight excluding hydrogens is 302 g/mol. The number of hydrogen-bond donors (Lipinski definition) is 1. The summed E-state index contributed by atoms with van der Waals surface area (Å²) in [5, 5.41) is 20.9. The Hall–Kier alpha value is -2.55. The zero-order valence-corrected chi connectivity index (χ0v) is 13.0. The van der Waals surface area contributed by atoms with Gasteiger partial charge in [0.1, 0.15) is 5.69 Å². The van der Waals surface area contributed by atoms with Gasteiger partial charge >= 0.3 is 0 Å². The molecule has 0 saturated heterocycles. The maximum atomic E-state index is 12.0. The number of aryl methyl sites for hydroxylation is 1. The average Bonchev–Trinajstić information content (AvgIpc) is 3.17. The molecule has 1 amide bonds. The normalized spacial score (nSPS) is 12.3. The summed E-state index contributed by atoms with van der Waals surface area (Å²) in [6, 6.07) is 3.87. The van der Waals surface area contributed by atoms with Crippen LogP contribution in [0, 0.1) is 0 Å². The van der Waals surface area contributed by atoms with Crippen LogP contribution in [0.25, 0.3) is 10.6 Å². The largest absolute Gasteiger partial charge is 0.346 e. The summed E-state index contributed by atoms with van der Waals surface area (Å²) in [5.41, 5.74) is 1.13. The molecule has 3 heterocycles. The second kappa shape index (κ2) is 6.06. The standard InChI is InChI=1S/C13H15N7OS/c1-9(15-13(21)10-6-14-19(2)17-10)7-20-8-11(16-18-20)12-4-3-5-22-12/h3-6,8-9H,7H2,1-2H3,(H,15,21)/t9-/m1/s1. The molecule has 1 atom stereocenters. The van der Waals surface area contributed by atoms with E-state index in [4.69, 9.17) is 0 Å². The zero-order valence-electron chi connectivity index (χ0n) is 12.2. The van der Waals surface area contributed by atoms with E-state index in [9.17, 15) is 4.79 Å². The van der Waals surface area contributed by atoms with Gasteiger partial charge in [0, 0.05) is 13.1 Å². The molecule has 3 rings (SSSR count). The molecular formula is C13H15N7OS. The van der Waals surface area contributed by atoms with E-state index in [1.165, 1.54) is 11.0 Å². The molecule has 0 aromatic carbocycles. The number of carbonyl (C=O) groups excluding carboxylic acids is 1. The monoisotopic (exact) mass is 317 g/mol. The van der Waals surface area contributed by atoms with Gasteiger partial charge in [-0.1, -0.05) is 11.3 Å². The Balaban J connectivity index is 1.60. The molecule has 0 aliphatic carbocycles. The van der Waals surface area contributed by atoms with Gasteiger partial charge < -0.3 is 5.32 Å². The van der Waals surface area contributed by atoms with Crippen LogP contribution >= 0.6 is 11.3 Å². The third-order valence-corrected chi connectivity index (χ3v) is 3.88. The minimum Gasteiger partial charge on any atom is -0.346 e. The van der Waals surface area contributed by atoms with Crippen LogP contribution in [0.2, 0.25) is 0 Å². The van der Waals surface area contributed by atoms with E-state index in [2.05, 4.69) is 25.8 Å². The van der Waals surface area contributed by atoms with Crippen LogP contribution in [-0.2, 0) is 13.6 Å². The van der Waals surface area contributed by atoms with Gasteiger partial charge in [0.05, 0.1) is 23.8 Å². The number of rotatable bonds is 5. The Kier molecular flexibility index (Phi) is 3.96. The Morgan fingerprint density at radius 1 is 1.50 bits per heavy atom. The molecule has 0 unspecified atom stereocenters. The van der Waals surface area contributed by atoms with Crippen LogP contribution in [0.15, 0.2) is 29.9 Å². The van der Waals surface area contributed by atoms with Crippen molar-refractivity contribution >= 4 is 17.2 Å². The molecule has 22 heavy (non-hydrogen) atoms. The summed E-state index contributed by atoms with van der Waals surface area (Å²) < 4.78 is 1.72. The lowest BCUT2D eigenvalue weighted by molar-refractivity contribution is 0.0930. The lowest BCUT2D eigenvalue weighted by Gasteiger charge is -2.12. The molecule has 0 bridgehead atoms. The number of thiophene rings is 1. The topological polar surface area (TPSA) is 90.5 Å². The van der Waals surface area contributed by atoms with Crippen molar-refractivity contribution in [2.24, 2.45) is 7.05 Å². The first-order valence-electron chi connectivity index (χ1n) is 6.73. The van der Waals surface area contributed by atoms with Crippen molar-refractivity contribution < 1.29 is 4.79 Å². The van der Waals surface area contributed by atoms with Crippen molar-refractivity contribution in [3.63, 3.8) is 0 Å². The molecule has 0 fully saturated rings. The van der Waals surface area contributed by atoms with E-state index >= 15 is 0 Å². The maximum Gasteiger partial charge on any atom is 0.273 e. The smallest absolute Gasteiger partial charge is 0.273 e. The quantitative estimate of drug-likeness (QED) is 0.757. The summed E-state index contributed by atoms with van der Waals surface area (Å²) in [6.45, 7) is 2.44. The lowest BCUT2D eigenvalue weighted by atomic mass is 10.3. The zero-order chi connectivity index (χ0) is 15.5. The maximum absolute atomic E-state index is 12.0. The number of aromatic nitrogens is 6. The minimum atomic E-state index is -0.251. The number of amides is 1. The Morgan fingerprint density at radius 2 is 2.36 bits per heavy atom. The van der Waals surface area contributed by atoms with Gasteiger partial charge in [-0.3, -0.25) is 4.79 Å². The minimum absolute atomic E-state index is 0.104. The number of nitrogens with zero attached hydrogens (tertiary/aromatic N) is 6. The molecule has 0 radical (unpaired) electrons. The van der Waals surface area contributed by atoms with Crippen LogP contribution in [0.4, 0.5) is 0 Å². The summed E-state index contributed by atoms with van der Waals surface area (Å²) in [7, 11) is 1.67. The molecule has 0 spiro atoms. The van der Waals surface area contributed by atoms with Gasteiger partial charge in [0.2, 0.25) is 0 Å². The number of carbonyl (C=O) groups is 1. The van der Waals surface area contributed by atoms with E-state index in [1.54, 1.807) is 23.1 Å². The van der Waals surface area contributed by atoms with E-state index in [0.717, 1.165) is 10.6 Å². The Labute approximate surface area is 130 Å². The van der Waals surface area contributed by atoms with E-state index in [-0.39, 0.29) is 11.9 Å². The predicted octanol–water partition coefficient (Wildman–Crippen LogP) is 0.954. The SMILES string of the molecule is C[C@H](Cn1cc(-c2cccs2)nn1)NC(=O)c1cnn(C)n1. The first kappa shape index (κ1) is 14.4. The average molecular weight is 317 g/mol. The molecule has 0 saturated carbocycles. The fraction of sp³-hybridized carbons (Fsp3) is 0.308. The highest BCUT2D eigenvalue weighted by molar-refractivity contribution is 7.13. The van der Waals surface area contributed by atoms with Gasteiger partial charge in [-0.05, 0) is 18.4 Å². The molecule has 3 aromatic heterocycles. The van der Waals surface area contributed by atoms with Crippen molar-refractivity contribution in [3.05, 3.63) is 35.6 Å². The summed E-state index contributed by atoms with van der Waals surface area (Å²) in [5.74, 6) is -0.251. The van der Waals surface area contributed by atoms with E-state index in [0.29, 0.717) is 12.2 Å². The fourth-order valence-electron chi connectivity index (χ4n) is 2.00. The first-order chi connectivity index (χ1) is 10.6. The van der Waals surface area contributed by atoms with Crippen molar-refractivity contribution in [2.75, 3.05) is 0 Å². The highest BCUT2D eigenvalue weighted by Crippen LogP contribution is 2.21. The van der Waals surface area contributed by atoms with Gasteiger partial charge in [0.15, 0.2) is 5.69 Å². The molecule has 0 aliphatic rings. The molecule has 3 aromatic rings. The van der Waals surface area contributed by atoms with Gasteiger partial charge in [-0.25, -0.2) is 4.68 Å². The molecule has 1 N–H and O–H groups in total. The highest BCUT2D eigenvalue weighted by Gasteiger charge is 2.14. The van der Waals surface area contributed by atoms with Crippen molar-refractivity contribution in [3.8, 4) is 10.6 Å². The van der Waals surface area contributed by atoms with Crippen LogP contribution in [-0.4, -0.2) is 41.9 Å². The summed E-state index contributed by atoms with van der Waals surface area (Å²) in [4.78, 5) is 14.4. The van der Waals surface area contributed by atoms with Crippen LogP contribution in [0.1, 0.15) is 17.4 Å². The lowest BCUT2D eigenvalue weighted by Crippen LogP contribution is -2.36. The second-order valence-corrected chi connectivity index (χ2v) is 5.84. The van der Waals surface area contributed by atoms with Crippen LogP contribution in [0.3, 0.4) is 0 Å². The first-order valence-corrected chi connectivity index (χ1v) is 7.61. The Morgan fingerprint density at radius 3 is 3.05 bits per heavy atom. The molecule has 8 nitrogen and oxygen atoms in total. The van der Waals surface area contributed by atoms with Crippen molar-refractivity contribution in [1.82, 2.24) is 35.3 Å². The van der Waals surface area contributed by atoms with Gasteiger partial charge in [-0.15, -0.1) is 21.5 Å². The van der Waals surface area contributed by atoms with Gasteiger partial charge in [-0.2, -0.15) is 9.90 Å². The second-order valence-electron chi connectivity index (χ2n) is 4.90. The van der Waals surface area contributed by atoms with E-state index < -0.39 is 0 Å². The molecule has 9 heteroatoms. The van der Waals surface area contributed by atoms with Crippen LogP contribution < -0.4 is 5.32 Å². The summed E-state index contributed by atoms with van der Waals surface area (Å²) in [6.07, 6.45) is 3.31. The molecule has 114 valence electrons. The summed E-state index contributed by atoms with van der Waals surface area (Å²) >= 11 is 1.62. The van der Waals surface area contributed by atoms with E-state index in [1.807, 2.05) is 30.6 Å².